The maximum absolute atomic E-state index is 4.80. The summed E-state index contributed by atoms with van der Waals surface area (Å²) in [6, 6.07) is 4.29. The third-order valence-electron chi connectivity index (χ3n) is 1.61. The molecule has 1 heterocycles. The average molecular weight is 182 g/mol. The molecule has 1 nitrogen and oxygen atoms in total. The molecule has 0 aliphatic carbocycles. The van der Waals surface area contributed by atoms with Gasteiger partial charge in [0.1, 0.15) is 0 Å². The molecule has 0 unspecified atom stereocenters. The Kier molecular flexibility index (Phi) is 4.54. The molecule has 0 aromatic carbocycles. The Labute approximate surface area is 77.7 Å². The summed E-state index contributed by atoms with van der Waals surface area (Å²) in [5, 5.41) is 2.13. The van der Waals surface area contributed by atoms with Crippen LogP contribution in [0.1, 0.15) is 17.7 Å². The highest BCUT2D eigenvalue weighted by Crippen LogP contribution is 2.11. The Morgan fingerprint density at radius 3 is 3.17 bits per heavy atom. The number of rotatable bonds is 5. The van der Waals surface area contributed by atoms with Crippen LogP contribution in [0.5, 0.6) is 0 Å². The van der Waals surface area contributed by atoms with Crippen molar-refractivity contribution < 1.29 is 4.74 Å². The van der Waals surface area contributed by atoms with E-state index in [0.29, 0.717) is 0 Å². The van der Waals surface area contributed by atoms with Crippen molar-refractivity contribution in [1.82, 2.24) is 0 Å². The summed E-state index contributed by atoms with van der Waals surface area (Å²) < 4.78 is 4.80. The lowest BCUT2D eigenvalue weighted by molar-refractivity contribution is 0.336. The van der Waals surface area contributed by atoms with Gasteiger partial charge in [-0.1, -0.05) is 6.07 Å². The number of thiophene rings is 1. The van der Waals surface area contributed by atoms with Gasteiger partial charge in [-0.05, 0) is 36.8 Å². The van der Waals surface area contributed by atoms with E-state index in [0.717, 1.165) is 6.42 Å². The predicted molar refractivity (Wildman–Crippen MR) is 53.4 cm³/mol. The lowest BCUT2D eigenvalue weighted by Crippen LogP contribution is -1.78. The fraction of sp³-hybridized carbons (Fsp3) is 0.400. The van der Waals surface area contributed by atoms with Crippen LogP contribution in [0.15, 0.2) is 29.9 Å². The Morgan fingerprint density at radius 1 is 1.58 bits per heavy atom. The van der Waals surface area contributed by atoms with Gasteiger partial charge in [-0.25, -0.2) is 0 Å². The number of aryl methyl sites for hydroxylation is 1. The molecule has 0 amide bonds. The molecule has 1 aromatic rings. The van der Waals surface area contributed by atoms with Crippen molar-refractivity contribution in [3.8, 4) is 0 Å². The summed E-state index contributed by atoms with van der Waals surface area (Å²) in [6.45, 7) is 0. The van der Waals surface area contributed by atoms with Crippen LogP contribution in [0.4, 0.5) is 0 Å². The fourth-order valence-electron chi connectivity index (χ4n) is 1.01. The van der Waals surface area contributed by atoms with E-state index in [-0.39, 0.29) is 0 Å². The molecule has 0 aliphatic heterocycles. The molecule has 0 radical (unpaired) electrons. The molecule has 0 bridgehead atoms. The van der Waals surface area contributed by atoms with Gasteiger partial charge in [-0.15, -0.1) is 11.3 Å². The Bertz CT molecular complexity index is 214. The third kappa shape index (κ3) is 3.58. The van der Waals surface area contributed by atoms with Crippen molar-refractivity contribution in [3.05, 3.63) is 34.7 Å². The molecule has 66 valence electrons. The summed E-state index contributed by atoms with van der Waals surface area (Å²) in [5.74, 6) is 0. The molecule has 2 heteroatoms. The molecule has 1 aromatic heterocycles. The monoisotopic (exact) mass is 182 g/mol. The minimum absolute atomic E-state index is 1.10. The number of hydrogen-bond donors (Lipinski definition) is 0. The van der Waals surface area contributed by atoms with E-state index in [1.54, 1.807) is 13.4 Å². The van der Waals surface area contributed by atoms with Gasteiger partial charge in [-0.2, -0.15) is 0 Å². The second-order valence-electron chi connectivity index (χ2n) is 2.58. The van der Waals surface area contributed by atoms with E-state index in [4.69, 9.17) is 4.74 Å². The van der Waals surface area contributed by atoms with Gasteiger partial charge in [-0.3, -0.25) is 0 Å². The van der Waals surface area contributed by atoms with Crippen LogP contribution in [0.3, 0.4) is 0 Å². The molecule has 0 saturated carbocycles. The summed E-state index contributed by atoms with van der Waals surface area (Å²) in [5.41, 5.74) is 0. The summed E-state index contributed by atoms with van der Waals surface area (Å²) in [7, 11) is 1.68. The first kappa shape index (κ1) is 9.33. The van der Waals surface area contributed by atoms with Gasteiger partial charge in [0.15, 0.2) is 0 Å². The lowest BCUT2D eigenvalue weighted by atomic mass is 10.2. The largest absolute Gasteiger partial charge is 0.505 e. The second kappa shape index (κ2) is 5.84. The smallest absolute Gasteiger partial charge is 0.0784 e. The van der Waals surface area contributed by atoms with Crippen molar-refractivity contribution in [1.29, 1.82) is 0 Å². The van der Waals surface area contributed by atoms with Crippen LogP contribution >= 0.6 is 11.3 Å². The zero-order chi connectivity index (χ0) is 8.65. The molecule has 1 rings (SSSR count). The molecule has 0 aliphatic rings. The van der Waals surface area contributed by atoms with Gasteiger partial charge in [0.2, 0.25) is 0 Å². The second-order valence-corrected chi connectivity index (χ2v) is 3.61. The number of hydrogen-bond acceptors (Lipinski definition) is 2. The first-order chi connectivity index (χ1) is 5.93. The van der Waals surface area contributed by atoms with Crippen LogP contribution in [0.2, 0.25) is 0 Å². The van der Waals surface area contributed by atoms with E-state index < -0.39 is 0 Å². The molecular weight excluding hydrogens is 168 g/mol. The normalized spacial score (nSPS) is 10.8. The van der Waals surface area contributed by atoms with E-state index >= 15 is 0 Å². The van der Waals surface area contributed by atoms with Crippen LogP contribution in [0, 0.1) is 0 Å². The Balaban J connectivity index is 2.07. The topological polar surface area (TPSA) is 9.23 Å². The van der Waals surface area contributed by atoms with Crippen molar-refractivity contribution in [3.63, 3.8) is 0 Å². The number of unbranched alkanes of at least 4 members (excludes halogenated alkanes) is 1. The SMILES string of the molecule is COC=CCCCc1cccs1. The standard InChI is InChI=1S/C10H14OS/c1-11-8-4-2-3-6-10-7-5-9-12-10/h4-5,7-9H,2-3,6H2,1H3. The maximum atomic E-state index is 4.80. The highest BCUT2D eigenvalue weighted by Gasteiger charge is 1.91. The first-order valence-corrected chi connectivity index (χ1v) is 5.01. The van der Waals surface area contributed by atoms with Crippen LogP contribution < -0.4 is 0 Å². The zero-order valence-electron chi connectivity index (χ0n) is 7.32. The molecule has 0 atom stereocenters. The molecule has 0 fully saturated rings. The summed E-state index contributed by atoms with van der Waals surface area (Å²) in [6.07, 6.45) is 7.31. The van der Waals surface area contributed by atoms with Crippen molar-refractivity contribution in [2.75, 3.05) is 7.11 Å². The van der Waals surface area contributed by atoms with Gasteiger partial charge < -0.3 is 4.74 Å². The summed E-state index contributed by atoms with van der Waals surface area (Å²) >= 11 is 1.83. The Morgan fingerprint density at radius 2 is 2.50 bits per heavy atom. The molecule has 0 spiro atoms. The molecular formula is C10H14OS. The van der Waals surface area contributed by atoms with E-state index in [1.807, 2.05) is 11.3 Å². The van der Waals surface area contributed by atoms with Crippen LogP contribution in [0.25, 0.3) is 0 Å². The number of ether oxygens (including phenoxy) is 1. The minimum atomic E-state index is 1.10. The summed E-state index contributed by atoms with van der Waals surface area (Å²) in [4.78, 5) is 1.47. The van der Waals surface area contributed by atoms with Gasteiger partial charge in [0.25, 0.3) is 0 Å². The highest BCUT2D eigenvalue weighted by molar-refractivity contribution is 7.09. The number of allylic oxidation sites excluding steroid dienone is 1. The van der Waals surface area contributed by atoms with E-state index in [2.05, 4.69) is 23.6 Å². The van der Waals surface area contributed by atoms with Gasteiger partial charge in [0.05, 0.1) is 13.4 Å². The molecule has 12 heavy (non-hydrogen) atoms. The Hall–Kier alpha value is -0.760. The van der Waals surface area contributed by atoms with E-state index in [9.17, 15) is 0 Å². The quantitative estimate of drug-likeness (QED) is 0.502. The predicted octanol–water partition coefficient (Wildman–Crippen LogP) is 3.23. The molecule has 0 N–H and O–H groups in total. The fourth-order valence-corrected chi connectivity index (χ4v) is 1.76. The molecule has 0 saturated heterocycles. The van der Waals surface area contributed by atoms with Crippen molar-refractivity contribution >= 4 is 11.3 Å². The average Bonchev–Trinajstić information content (AvgIpc) is 2.57. The van der Waals surface area contributed by atoms with E-state index in [1.165, 1.54) is 17.7 Å². The number of methoxy groups -OCH3 is 1. The minimum Gasteiger partial charge on any atom is -0.505 e. The van der Waals surface area contributed by atoms with Crippen LogP contribution in [-0.2, 0) is 11.2 Å². The van der Waals surface area contributed by atoms with Gasteiger partial charge in [0, 0.05) is 4.88 Å². The van der Waals surface area contributed by atoms with Crippen LogP contribution in [-0.4, -0.2) is 7.11 Å². The van der Waals surface area contributed by atoms with Gasteiger partial charge >= 0.3 is 0 Å². The maximum Gasteiger partial charge on any atom is 0.0784 e. The lowest BCUT2D eigenvalue weighted by Gasteiger charge is -1.93. The first-order valence-electron chi connectivity index (χ1n) is 4.13. The highest BCUT2D eigenvalue weighted by atomic mass is 32.1. The third-order valence-corrected chi connectivity index (χ3v) is 2.54. The van der Waals surface area contributed by atoms with Crippen molar-refractivity contribution in [2.45, 2.75) is 19.3 Å². The van der Waals surface area contributed by atoms with Crippen molar-refractivity contribution in [2.24, 2.45) is 0 Å². The zero-order valence-corrected chi connectivity index (χ0v) is 8.14.